The van der Waals surface area contributed by atoms with E-state index < -0.39 is 11.7 Å². The molecule has 26 heavy (non-hydrogen) atoms. The van der Waals surface area contributed by atoms with Crippen LogP contribution in [0.3, 0.4) is 0 Å². The maximum Gasteiger partial charge on any atom is 0.256 e. The van der Waals surface area contributed by atoms with Gasteiger partial charge >= 0.3 is 0 Å². The maximum atomic E-state index is 14.6. The zero-order valence-corrected chi connectivity index (χ0v) is 14.8. The van der Waals surface area contributed by atoms with Crippen molar-refractivity contribution < 1.29 is 14.3 Å². The number of aryl methyl sites for hydroxylation is 1. The molecule has 132 valence electrons. The smallest absolute Gasteiger partial charge is 0.256 e. The van der Waals surface area contributed by atoms with Crippen LogP contribution in [0.15, 0.2) is 60.7 Å². The lowest BCUT2D eigenvalue weighted by Crippen LogP contribution is -2.15. The predicted octanol–water partition coefficient (Wildman–Crippen LogP) is 5.20. The van der Waals surface area contributed by atoms with Gasteiger partial charge in [0.2, 0.25) is 0 Å². The van der Waals surface area contributed by atoms with E-state index in [1.807, 2.05) is 31.2 Å². The Hall–Kier alpha value is -2.69. The summed E-state index contributed by atoms with van der Waals surface area (Å²) in [6.07, 6.45) is 0. The third-order valence-corrected chi connectivity index (χ3v) is 4.36. The number of rotatable bonds is 4. The van der Waals surface area contributed by atoms with E-state index in [2.05, 4.69) is 5.32 Å². The lowest BCUT2D eigenvalue weighted by Gasteiger charge is -2.12. The fourth-order valence-corrected chi connectivity index (χ4v) is 3.00. The van der Waals surface area contributed by atoms with Crippen LogP contribution >= 0.6 is 11.6 Å². The lowest BCUT2D eigenvalue weighted by atomic mass is 10.0. The summed E-state index contributed by atoms with van der Waals surface area (Å²) in [5.41, 5.74) is 3.17. The molecule has 0 bridgehead atoms. The molecule has 0 aromatic heterocycles. The van der Waals surface area contributed by atoms with Crippen molar-refractivity contribution >= 4 is 23.2 Å². The van der Waals surface area contributed by atoms with Gasteiger partial charge in [-0.3, -0.25) is 4.79 Å². The summed E-state index contributed by atoms with van der Waals surface area (Å²) in [5.74, 6) is -1.15. The SMILES string of the molecule is Cc1cccc(-c2cc(F)c(NC(=O)c3ccccc3CO)c(Cl)c2)c1. The fourth-order valence-electron chi connectivity index (χ4n) is 2.74. The van der Waals surface area contributed by atoms with Crippen LogP contribution in [0.5, 0.6) is 0 Å². The summed E-state index contributed by atoms with van der Waals surface area (Å²) in [5, 5.41) is 12.0. The molecule has 3 rings (SSSR count). The Morgan fingerprint density at radius 1 is 1.08 bits per heavy atom. The van der Waals surface area contributed by atoms with Gasteiger partial charge in [-0.2, -0.15) is 0 Å². The molecule has 3 nitrogen and oxygen atoms in total. The minimum atomic E-state index is -0.621. The summed E-state index contributed by atoms with van der Waals surface area (Å²) in [6, 6.07) is 17.2. The van der Waals surface area contributed by atoms with Crippen LogP contribution in [0.25, 0.3) is 11.1 Å². The monoisotopic (exact) mass is 369 g/mol. The van der Waals surface area contributed by atoms with E-state index in [-0.39, 0.29) is 22.9 Å². The molecule has 3 aromatic carbocycles. The van der Waals surface area contributed by atoms with Gasteiger partial charge in [0, 0.05) is 5.56 Å². The molecule has 1 amide bonds. The van der Waals surface area contributed by atoms with E-state index in [4.69, 9.17) is 11.6 Å². The van der Waals surface area contributed by atoms with E-state index in [1.165, 1.54) is 6.07 Å². The quantitative estimate of drug-likeness (QED) is 0.664. The molecule has 0 heterocycles. The summed E-state index contributed by atoms with van der Waals surface area (Å²) in [6.45, 7) is 1.67. The highest BCUT2D eigenvalue weighted by Gasteiger charge is 2.16. The van der Waals surface area contributed by atoms with Gasteiger partial charge in [-0.15, -0.1) is 0 Å². The number of hydrogen-bond acceptors (Lipinski definition) is 2. The van der Waals surface area contributed by atoms with Crippen LogP contribution in [0.1, 0.15) is 21.5 Å². The van der Waals surface area contributed by atoms with Crippen molar-refractivity contribution in [1.29, 1.82) is 0 Å². The highest BCUT2D eigenvalue weighted by atomic mass is 35.5. The number of amides is 1. The van der Waals surface area contributed by atoms with Gasteiger partial charge in [0.05, 0.1) is 17.3 Å². The molecule has 0 saturated carbocycles. The van der Waals surface area contributed by atoms with Crippen LogP contribution < -0.4 is 5.32 Å². The molecule has 5 heteroatoms. The minimum absolute atomic E-state index is 0.0826. The first-order valence-corrected chi connectivity index (χ1v) is 8.43. The van der Waals surface area contributed by atoms with Crippen LogP contribution in [0.2, 0.25) is 5.02 Å². The second-order valence-corrected chi connectivity index (χ2v) is 6.36. The van der Waals surface area contributed by atoms with Crippen molar-refractivity contribution in [3.05, 3.63) is 88.2 Å². The third kappa shape index (κ3) is 3.77. The van der Waals surface area contributed by atoms with Crippen LogP contribution in [0.4, 0.5) is 10.1 Å². The average molecular weight is 370 g/mol. The molecule has 0 aliphatic heterocycles. The number of nitrogens with one attached hydrogen (secondary N) is 1. The van der Waals surface area contributed by atoms with Gasteiger partial charge in [0.15, 0.2) is 0 Å². The number of hydrogen-bond donors (Lipinski definition) is 2. The molecular formula is C21H17ClFNO2. The Morgan fingerprint density at radius 3 is 2.54 bits per heavy atom. The Labute approximate surface area is 156 Å². The zero-order valence-electron chi connectivity index (χ0n) is 14.1. The second-order valence-electron chi connectivity index (χ2n) is 5.95. The van der Waals surface area contributed by atoms with Crippen molar-refractivity contribution in [2.75, 3.05) is 5.32 Å². The number of carbonyl (C=O) groups is 1. The number of anilines is 1. The topological polar surface area (TPSA) is 49.3 Å². The zero-order chi connectivity index (χ0) is 18.7. The molecule has 0 saturated heterocycles. The largest absolute Gasteiger partial charge is 0.392 e. The number of carbonyl (C=O) groups excluding carboxylic acids is 1. The van der Waals surface area contributed by atoms with Gasteiger partial charge < -0.3 is 10.4 Å². The van der Waals surface area contributed by atoms with Crippen molar-refractivity contribution in [3.63, 3.8) is 0 Å². The van der Waals surface area contributed by atoms with Crippen LogP contribution in [-0.4, -0.2) is 11.0 Å². The normalized spacial score (nSPS) is 10.6. The van der Waals surface area contributed by atoms with E-state index in [9.17, 15) is 14.3 Å². The minimum Gasteiger partial charge on any atom is -0.392 e. The molecule has 2 N–H and O–H groups in total. The predicted molar refractivity (Wildman–Crippen MR) is 102 cm³/mol. The second kappa shape index (κ2) is 7.68. The average Bonchev–Trinajstić information content (AvgIpc) is 2.64. The third-order valence-electron chi connectivity index (χ3n) is 4.06. The van der Waals surface area contributed by atoms with E-state index in [1.54, 1.807) is 30.3 Å². The molecular weight excluding hydrogens is 353 g/mol. The lowest BCUT2D eigenvalue weighted by molar-refractivity contribution is 0.102. The van der Waals surface area contributed by atoms with Crippen molar-refractivity contribution in [3.8, 4) is 11.1 Å². The van der Waals surface area contributed by atoms with E-state index >= 15 is 0 Å². The van der Waals surface area contributed by atoms with Crippen molar-refractivity contribution in [1.82, 2.24) is 0 Å². The first-order chi connectivity index (χ1) is 12.5. The summed E-state index contributed by atoms with van der Waals surface area (Å²) in [4.78, 5) is 12.5. The summed E-state index contributed by atoms with van der Waals surface area (Å²) < 4.78 is 14.6. The van der Waals surface area contributed by atoms with E-state index in [0.717, 1.165) is 11.1 Å². The Morgan fingerprint density at radius 2 is 1.85 bits per heavy atom. The van der Waals surface area contributed by atoms with Crippen molar-refractivity contribution in [2.24, 2.45) is 0 Å². The van der Waals surface area contributed by atoms with Gasteiger partial charge in [-0.1, -0.05) is 59.6 Å². The van der Waals surface area contributed by atoms with Crippen molar-refractivity contribution in [2.45, 2.75) is 13.5 Å². The molecule has 3 aromatic rings. The van der Waals surface area contributed by atoms with Gasteiger partial charge in [0.25, 0.3) is 5.91 Å². The first-order valence-electron chi connectivity index (χ1n) is 8.06. The molecule has 0 aliphatic rings. The number of aliphatic hydroxyl groups is 1. The number of halogens is 2. The summed E-state index contributed by atoms with van der Waals surface area (Å²) >= 11 is 6.23. The van der Waals surface area contributed by atoms with Gasteiger partial charge in [-0.25, -0.2) is 4.39 Å². The Balaban J connectivity index is 1.93. The van der Waals surface area contributed by atoms with Crippen LogP contribution in [-0.2, 0) is 6.61 Å². The molecule has 0 spiro atoms. The molecule has 0 aliphatic carbocycles. The Bertz CT molecular complexity index is 949. The van der Waals surface area contributed by atoms with Crippen LogP contribution in [0, 0.1) is 12.7 Å². The van der Waals surface area contributed by atoms with E-state index in [0.29, 0.717) is 11.1 Å². The standard InChI is InChI=1S/C21H17ClFNO2/c1-13-5-4-7-14(9-13)16-10-18(22)20(19(23)11-16)24-21(26)17-8-3-2-6-15(17)12-25/h2-11,25H,12H2,1H3,(H,24,26). The maximum absolute atomic E-state index is 14.6. The fraction of sp³-hybridized carbons (Fsp3) is 0.0952. The molecule has 0 radical (unpaired) electrons. The first kappa shape index (κ1) is 18.1. The molecule has 0 unspecified atom stereocenters. The highest BCUT2D eigenvalue weighted by molar-refractivity contribution is 6.34. The molecule has 0 atom stereocenters. The Kier molecular flexibility index (Phi) is 5.35. The van der Waals surface area contributed by atoms with Gasteiger partial charge in [-0.05, 0) is 41.8 Å². The highest BCUT2D eigenvalue weighted by Crippen LogP contribution is 2.32. The van der Waals surface area contributed by atoms with Gasteiger partial charge in [0.1, 0.15) is 5.82 Å². The number of benzene rings is 3. The molecule has 0 fully saturated rings. The number of aliphatic hydroxyl groups excluding tert-OH is 1. The summed E-state index contributed by atoms with van der Waals surface area (Å²) in [7, 11) is 0.